The van der Waals surface area contributed by atoms with Crippen LogP contribution in [0.1, 0.15) is 37.4 Å². The molecule has 25 heavy (non-hydrogen) atoms. The van der Waals surface area contributed by atoms with Crippen LogP contribution in [0.4, 0.5) is 5.69 Å². The Bertz CT molecular complexity index is 812. The number of furan rings is 1. The average molecular weight is 366 g/mol. The lowest BCUT2D eigenvalue weighted by Crippen LogP contribution is -2.28. The van der Waals surface area contributed by atoms with Gasteiger partial charge >= 0.3 is 0 Å². The van der Waals surface area contributed by atoms with E-state index < -0.39 is 16.1 Å². The Morgan fingerprint density at radius 1 is 1.20 bits per heavy atom. The minimum Gasteiger partial charge on any atom is -0.464 e. The number of aryl methyl sites for hydroxylation is 1. The molecule has 0 aliphatic carbocycles. The van der Waals surface area contributed by atoms with Crippen molar-refractivity contribution in [1.29, 1.82) is 0 Å². The first-order valence-electron chi connectivity index (χ1n) is 7.96. The van der Waals surface area contributed by atoms with Crippen molar-refractivity contribution >= 4 is 21.6 Å². The summed E-state index contributed by atoms with van der Waals surface area (Å²) in [6.45, 7) is 3.44. The van der Waals surface area contributed by atoms with E-state index in [1.54, 1.807) is 19.1 Å². The van der Waals surface area contributed by atoms with Crippen LogP contribution in [-0.4, -0.2) is 26.0 Å². The Hall–Kier alpha value is -2.16. The lowest BCUT2D eigenvalue weighted by Gasteiger charge is -2.11. The fraction of sp³-hybridized carbons (Fsp3) is 0.353. The summed E-state index contributed by atoms with van der Waals surface area (Å²) in [6, 6.07) is 9.13. The smallest absolute Gasteiger partial charge is 0.240 e. The quantitative estimate of drug-likeness (QED) is 0.664. The third-order valence-corrected chi connectivity index (χ3v) is 4.92. The van der Waals surface area contributed by atoms with Crippen LogP contribution in [0.2, 0.25) is 0 Å². The number of sulfonamides is 1. The van der Waals surface area contributed by atoms with Crippen molar-refractivity contribution < 1.29 is 22.7 Å². The molecular weight excluding hydrogens is 344 g/mol. The molecule has 3 N–H and O–H groups in total. The molecule has 0 saturated heterocycles. The summed E-state index contributed by atoms with van der Waals surface area (Å²) < 4.78 is 32.1. The van der Waals surface area contributed by atoms with Crippen molar-refractivity contribution in [2.75, 3.05) is 11.9 Å². The molecule has 0 bridgehead atoms. The zero-order valence-corrected chi connectivity index (χ0v) is 15.0. The van der Waals surface area contributed by atoms with Crippen LogP contribution < -0.4 is 10.0 Å². The van der Waals surface area contributed by atoms with Crippen molar-refractivity contribution in [3.63, 3.8) is 0 Å². The summed E-state index contributed by atoms with van der Waals surface area (Å²) in [7, 11) is -3.78. The predicted octanol–water partition coefficient (Wildman–Crippen LogP) is 2.34. The normalized spacial score (nSPS) is 12.8. The van der Waals surface area contributed by atoms with Gasteiger partial charge in [0.15, 0.2) is 0 Å². The highest BCUT2D eigenvalue weighted by Crippen LogP contribution is 2.18. The number of carbonyl (C=O) groups is 1. The number of rotatable bonds is 8. The summed E-state index contributed by atoms with van der Waals surface area (Å²) in [4.78, 5) is 11.6. The van der Waals surface area contributed by atoms with Gasteiger partial charge in [-0.1, -0.05) is 6.92 Å². The molecule has 2 rings (SSSR count). The Morgan fingerprint density at radius 2 is 1.88 bits per heavy atom. The van der Waals surface area contributed by atoms with Gasteiger partial charge in [-0.3, -0.25) is 4.79 Å². The average Bonchev–Trinajstić information content (AvgIpc) is 3.00. The largest absolute Gasteiger partial charge is 0.464 e. The van der Waals surface area contributed by atoms with Crippen LogP contribution in [0.15, 0.2) is 45.7 Å². The third-order valence-electron chi connectivity index (χ3n) is 3.48. The number of aliphatic hydroxyl groups is 1. The van der Waals surface area contributed by atoms with Gasteiger partial charge in [-0.05, 0) is 49.7 Å². The number of aliphatic hydroxyl groups excluding tert-OH is 1. The van der Waals surface area contributed by atoms with E-state index in [1.165, 1.54) is 24.3 Å². The summed E-state index contributed by atoms with van der Waals surface area (Å²) in [5.41, 5.74) is 0.531. The number of carbonyl (C=O) groups excluding carboxylic acids is 1. The van der Waals surface area contributed by atoms with E-state index in [2.05, 4.69) is 10.0 Å². The predicted molar refractivity (Wildman–Crippen MR) is 93.6 cm³/mol. The first kappa shape index (κ1) is 19.2. The first-order chi connectivity index (χ1) is 11.8. The molecule has 0 fully saturated rings. The van der Waals surface area contributed by atoms with Crippen molar-refractivity contribution in [2.45, 2.75) is 37.7 Å². The van der Waals surface area contributed by atoms with Crippen LogP contribution in [0.5, 0.6) is 0 Å². The fourth-order valence-corrected chi connectivity index (χ4v) is 3.21. The first-order valence-corrected chi connectivity index (χ1v) is 9.44. The van der Waals surface area contributed by atoms with Gasteiger partial charge in [0.2, 0.25) is 15.9 Å². The SMILES string of the molecule is CCCC(=O)Nc1ccc(S(=O)(=O)NCC(O)c2ccc(C)o2)cc1. The zero-order valence-electron chi connectivity index (χ0n) is 14.2. The molecule has 0 radical (unpaired) electrons. The maximum atomic E-state index is 12.3. The number of benzene rings is 1. The molecule has 0 aliphatic heterocycles. The topological polar surface area (TPSA) is 109 Å². The van der Waals surface area contributed by atoms with Crippen molar-refractivity contribution in [1.82, 2.24) is 4.72 Å². The second-order valence-electron chi connectivity index (χ2n) is 5.64. The Morgan fingerprint density at radius 3 is 2.44 bits per heavy atom. The number of amides is 1. The summed E-state index contributed by atoms with van der Waals surface area (Å²) in [6.07, 6.45) is 0.0713. The number of anilines is 1. The van der Waals surface area contributed by atoms with Gasteiger partial charge in [0.1, 0.15) is 17.6 Å². The molecule has 0 aliphatic rings. The number of nitrogens with one attached hydrogen (secondary N) is 2. The van der Waals surface area contributed by atoms with Gasteiger partial charge in [-0.2, -0.15) is 0 Å². The third kappa shape index (κ3) is 5.42. The summed E-state index contributed by atoms with van der Waals surface area (Å²) >= 11 is 0. The molecule has 7 nitrogen and oxygen atoms in total. The Labute approximate surface area is 147 Å². The van der Waals surface area contributed by atoms with Crippen LogP contribution in [0.25, 0.3) is 0 Å². The van der Waals surface area contributed by atoms with Crippen molar-refractivity contribution in [3.8, 4) is 0 Å². The standard InChI is InChI=1S/C17H22N2O5S/c1-3-4-17(21)19-13-6-8-14(9-7-13)25(22,23)18-11-15(20)16-10-5-12(2)24-16/h5-10,15,18,20H,3-4,11H2,1-2H3,(H,19,21). The van der Waals surface area contributed by atoms with Crippen LogP contribution in [0, 0.1) is 6.92 Å². The van der Waals surface area contributed by atoms with Gasteiger partial charge in [0.05, 0.1) is 4.90 Å². The van der Waals surface area contributed by atoms with E-state index in [1.807, 2.05) is 6.92 Å². The molecule has 136 valence electrons. The maximum absolute atomic E-state index is 12.3. The van der Waals surface area contributed by atoms with E-state index in [0.29, 0.717) is 23.6 Å². The van der Waals surface area contributed by atoms with Crippen molar-refractivity contribution in [3.05, 3.63) is 47.9 Å². The molecular formula is C17H22N2O5S. The van der Waals surface area contributed by atoms with E-state index >= 15 is 0 Å². The number of hydrogen-bond donors (Lipinski definition) is 3. The highest BCUT2D eigenvalue weighted by Gasteiger charge is 2.18. The van der Waals surface area contributed by atoms with Gasteiger partial charge in [-0.25, -0.2) is 13.1 Å². The minimum atomic E-state index is -3.78. The Balaban J connectivity index is 1.98. The lowest BCUT2D eigenvalue weighted by molar-refractivity contribution is -0.116. The van der Waals surface area contributed by atoms with Gasteiger partial charge in [0.25, 0.3) is 0 Å². The molecule has 2 aromatic rings. The molecule has 0 spiro atoms. The fourth-order valence-electron chi connectivity index (χ4n) is 2.17. The summed E-state index contributed by atoms with van der Waals surface area (Å²) in [5, 5.41) is 12.7. The number of hydrogen-bond acceptors (Lipinski definition) is 5. The minimum absolute atomic E-state index is 0.0452. The highest BCUT2D eigenvalue weighted by atomic mass is 32.2. The van der Waals surface area contributed by atoms with E-state index in [4.69, 9.17) is 4.42 Å². The molecule has 1 heterocycles. The monoisotopic (exact) mass is 366 g/mol. The second-order valence-corrected chi connectivity index (χ2v) is 7.41. The van der Waals surface area contributed by atoms with Gasteiger partial charge in [0, 0.05) is 18.7 Å². The van der Waals surface area contributed by atoms with Gasteiger partial charge in [-0.15, -0.1) is 0 Å². The van der Waals surface area contributed by atoms with E-state index in [0.717, 1.165) is 6.42 Å². The molecule has 8 heteroatoms. The van der Waals surface area contributed by atoms with E-state index in [9.17, 15) is 18.3 Å². The summed E-state index contributed by atoms with van der Waals surface area (Å²) in [5.74, 6) is 0.819. The molecule has 1 amide bonds. The molecule has 1 unspecified atom stereocenters. The Kier molecular flexibility index (Phi) is 6.35. The maximum Gasteiger partial charge on any atom is 0.240 e. The molecule has 0 saturated carbocycles. The zero-order chi connectivity index (χ0) is 18.4. The molecule has 1 aromatic carbocycles. The van der Waals surface area contributed by atoms with E-state index in [-0.39, 0.29) is 17.3 Å². The second kappa shape index (κ2) is 8.28. The molecule has 1 aromatic heterocycles. The van der Waals surface area contributed by atoms with Crippen LogP contribution >= 0.6 is 0 Å². The lowest BCUT2D eigenvalue weighted by atomic mass is 10.3. The van der Waals surface area contributed by atoms with Gasteiger partial charge < -0.3 is 14.8 Å². The van der Waals surface area contributed by atoms with Crippen LogP contribution in [-0.2, 0) is 14.8 Å². The molecule has 1 atom stereocenters. The van der Waals surface area contributed by atoms with Crippen molar-refractivity contribution in [2.24, 2.45) is 0 Å². The highest BCUT2D eigenvalue weighted by molar-refractivity contribution is 7.89. The van der Waals surface area contributed by atoms with Crippen LogP contribution in [0.3, 0.4) is 0 Å².